The standard InChI is InChI=1S/C31H45FN2O4/c1-2-3-4-5-6-7-8-9-10-15-30(35)34(24-29-14-12-21-38-29)25-31(36)33(23-28-13-11-20-37-28)22-26-16-18-27(32)19-17-26/h11,13,16-20,29H,2-10,12,14-15,21-25H2,1H3. The van der Waals surface area contributed by atoms with E-state index in [0.29, 0.717) is 31.9 Å². The molecule has 2 amide bonds. The molecule has 1 aromatic heterocycles. The Kier molecular flexibility index (Phi) is 13.4. The van der Waals surface area contributed by atoms with Crippen LogP contribution in [0.2, 0.25) is 0 Å². The van der Waals surface area contributed by atoms with E-state index in [1.54, 1.807) is 34.3 Å². The molecule has 0 bridgehead atoms. The van der Waals surface area contributed by atoms with Gasteiger partial charge in [-0.2, -0.15) is 0 Å². The molecule has 1 atom stereocenters. The SMILES string of the molecule is CCCCCCCCCCCC(=O)N(CC(=O)N(Cc1ccc(F)cc1)Cc1ccco1)CC1CCCO1. The number of carbonyl (C=O) groups is 2. The summed E-state index contributed by atoms with van der Waals surface area (Å²) < 4.78 is 24.7. The zero-order chi connectivity index (χ0) is 27.0. The van der Waals surface area contributed by atoms with Crippen molar-refractivity contribution in [2.24, 2.45) is 0 Å². The second-order valence-electron chi connectivity index (χ2n) is 10.4. The van der Waals surface area contributed by atoms with E-state index in [1.165, 1.54) is 50.7 Å². The largest absolute Gasteiger partial charge is 0.467 e. The Morgan fingerprint density at radius 2 is 1.61 bits per heavy atom. The summed E-state index contributed by atoms with van der Waals surface area (Å²) in [5.41, 5.74) is 0.818. The van der Waals surface area contributed by atoms with Crippen LogP contribution in [0.3, 0.4) is 0 Å². The molecule has 210 valence electrons. The molecular formula is C31H45FN2O4. The maximum atomic E-state index is 13.5. The second-order valence-corrected chi connectivity index (χ2v) is 10.4. The smallest absolute Gasteiger partial charge is 0.242 e. The van der Waals surface area contributed by atoms with Crippen molar-refractivity contribution in [2.45, 2.75) is 103 Å². The van der Waals surface area contributed by atoms with Crippen molar-refractivity contribution >= 4 is 11.8 Å². The van der Waals surface area contributed by atoms with Crippen molar-refractivity contribution in [1.82, 2.24) is 9.80 Å². The summed E-state index contributed by atoms with van der Waals surface area (Å²) in [5, 5.41) is 0. The van der Waals surface area contributed by atoms with Crippen molar-refractivity contribution in [3.05, 3.63) is 59.8 Å². The molecule has 0 saturated carbocycles. The number of nitrogens with zero attached hydrogens (tertiary/aromatic N) is 2. The Labute approximate surface area is 227 Å². The van der Waals surface area contributed by atoms with Crippen LogP contribution in [0.4, 0.5) is 4.39 Å². The van der Waals surface area contributed by atoms with Crippen LogP contribution in [0.25, 0.3) is 0 Å². The van der Waals surface area contributed by atoms with Gasteiger partial charge in [0, 0.05) is 26.1 Å². The zero-order valence-electron chi connectivity index (χ0n) is 23.0. The number of amides is 2. The maximum absolute atomic E-state index is 13.5. The van der Waals surface area contributed by atoms with Gasteiger partial charge in [0.05, 0.1) is 25.5 Å². The minimum absolute atomic E-state index is 0.00196. The van der Waals surface area contributed by atoms with E-state index in [9.17, 15) is 14.0 Å². The van der Waals surface area contributed by atoms with Gasteiger partial charge in [-0.3, -0.25) is 9.59 Å². The molecule has 1 fully saturated rings. The van der Waals surface area contributed by atoms with Crippen molar-refractivity contribution < 1.29 is 23.1 Å². The lowest BCUT2D eigenvalue weighted by molar-refractivity contribution is -0.142. The van der Waals surface area contributed by atoms with E-state index in [1.807, 2.05) is 6.07 Å². The molecule has 1 saturated heterocycles. The van der Waals surface area contributed by atoms with Crippen LogP contribution in [0, 0.1) is 5.82 Å². The first-order valence-corrected chi connectivity index (χ1v) is 14.5. The molecule has 0 spiro atoms. The van der Waals surface area contributed by atoms with Crippen LogP contribution in [-0.2, 0) is 27.4 Å². The van der Waals surface area contributed by atoms with Crippen molar-refractivity contribution in [3.63, 3.8) is 0 Å². The summed E-state index contributed by atoms with van der Waals surface area (Å²) in [6.07, 6.45) is 14.6. The Balaban J connectivity index is 1.56. The summed E-state index contributed by atoms with van der Waals surface area (Å²) in [6, 6.07) is 9.75. The van der Waals surface area contributed by atoms with E-state index < -0.39 is 0 Å². The molecule has 3 rings (SSSR count). The van der Waals surface area contributed by atoms with E-state index in [2.05, 4.69) is 6.92 Å². The van der Waals surface area contributed by atoms with E-state index in [4.69, 9.17) is 9.15 Å². The van der Waals surface area contributed by atoms with Crippen LogP contribution in [0.5, 0.6) is 0 Å². The van der Waals surface area contributed by atoms with Gasteiger partial charge >= 0.3 is 0 Å². The maximum Gasteiger partial charge on any atom is 0.242 e. The number of ether oxygens (including phenoxy) is 1. The molecule has 1 unspecified atom stereocenters. The number of unbranched alkanes of at least 4 members (excludes halogenated alkanes) is 8. The summed E-state index contributed by atoms with van der Waals surface area (Å²) in [5.74, 6) is 0.190. The minimum atomic E-state index is -0.317. The van der Waals surface area contributed by atoms with Gasteiger partial charge in [-0.1, -0.05) is 70.4 Å². The summed E-state index contributed by atoms with van der Waals surface area (Å²) >= 11 is 0. The third kappa shape index (κ3) is 11.0. The van der Waals surface area contributed by atoms with E-state index in [-0.39, 0.29) is 36.8 Å². The number of carbonyl (C=O) groups excluding carboxylic acids is 2. The molecular weight excluding hydrogens is 483 g/mol. The van der Waals surface area contributed by atoms with Crippen LogP contribution < -0.4 is 0 Å². The summed E-state index contributed by atoms with van der Waals surface area (Å²) in [4.78, 5) is 30.1. The Hall–Kier alpha value is -2.67. The fourth-order valence-corrected chi connectivity index (χ4v) is 4.93. The number of hydrogen-bond acceptors (Lipinski definition) is 4. The average Bonchev–Trinajstić information content (AvgIpc) is 3.62. The first-order chi connectivity index (χ1) is 18.5. The minimum Gasteiger partial charge on any atom is -0.467 e. The van der Waals surface area contributed by atoms with Gasteiger partial charge in [-0.05, 0) is 49.1 Å². The number of benzene rings is 1. The van der Waals surface area contributed by atoms with Gasteiger partial charge in [0.2, 0.25) is 11.8 Å². The highest BCUT2D eigenvalue weighted by molar-refractivity contribution is 5.85. The van der Waals surface area contributed by atoms with Gasteiger partial charge in [-0.15, -0.1) is 0 Å². The Morgan fingerprint density at radius 1 is 0.895 bits per heavy atom. The van der Waals surface area contributed by atoms with Crippen LogP contribution in [-0.4, -0.2) is 47.4 Å². The van der Waals surface area contributed by atoms with Gasteiger partial charge in [0.1, 0.15) is 11.6 Å². The van der Waals surface area contributed by atoms with Gasteiger partial charge in [0.25, 0.3) is 0 Å². The number of furan rings is 1. The zero-order valence-corrected chi connectivity index (χ0v) is 23.0. The van der Waals surface area contributed by atoms with Gasteiger partial charge in [0.15, 0.2) is 0 Å². The van der Waals surface area contributed by atoms with Crippen LogP contribution in [0.15, 0.2) is 47.1 Å². The number of halogens is 1. The van der Waals surface area contributed by atoms with E-state index >= 15 is 0 Å². The molecule has 1 aromatic carbocycles. The van der Waals surface area contributed by atoms with Gasteiger partial charge in [-0.25, -0.2) is 4.39 Å². The number of rotatable bonds is 18. The normalized spacial score (nSPS) is 15.1. The topological polar surface area (TPSA) is 63.0 Å². The predicted molar refractivity (Wildman–Crippen MR) is 147 cm³/mol. The molecule has 0 aliphatic carbocycles. The average molecular weight is 529 g/mol. The molecule has 6 nitrogen and oxygen atoms in total. The molecule has 0 radical (unpaired) electrons. The Morgan fingerprint density at radius 3 is 2.24 bits per heavy atom. The fourth-order valence-electron chi connectivity index (χ4n) is 4.93. The van der Waals surface area contributed by atoms with Gasteiger partial charge < -0.3 is 19.0 Å². The highest BCUT2D eigenvalue weighted by Gasteiger charge is 2.26. The molecule has 38 heavy (non-hydrogen) atoms. The van der Waals surface area contributed by atoms with Crippen molar-refractivity contribution in [2.75, 3.05) is 19.7 Å². The Bertz CT molecular complexity index is 926. The molecule has 2 heterocycles. The third-order valence-corrected chi connectivity index (χ3v) is 7.19. The first-order valence-electron chi connectivity index (χ1n) is 14.5. The number of hydrogen-bond donors (Lipinski definition) is 0. The third-order valence-electron chi connectivity index (χ3n) is 7.19. The molecule has 1 aliphatic rings. The lowest BCUT2D eigenvalue weighted by atomic mass is 10.1. The molecule has 2 aromatic rings. The predicted octanol–water partition coefficient (Wildman–Crippen LogP) is 6.88. The monoisotopic (exact) mass is 528 g/mol. The molecule has 0 N–H and O–H groups in total. The second kappa shape index (κ2) is 17.0. The lowest BCUT2D eigenvalue weighted by Crippen LogP contribution is -2.45. The summed E-state index contributed by atoms with van der Waals surface area (Å²) in [7, 11) is 0. The van der Waals surface area contributed by atoms with Crippen molar-refractivity contribution in [3.8, 4) is 0 Å². The quantitative estimate of drug-likeness (QED) is 0.198. The van der Waals surface area contributed by atoms with Crippen LogP contribution >= 0.6 is 0 Å². The van der Waals surface area contributed by atoms with Crippen molar-refractivity contribution in [1.29, 1.82) is 0 Å². The highest BCUT2D eigenvalue weighted by atomic mass is 19.1. The lowest BCUT2D eigenvalue weighted by Gasteiger charge is -2.29. The van der Waals surface area contributed by atoms with E-state index in [0.717, 1.165) is 37.7 Å². The first kappa shape index (κ1) is 29.9. The summed E-state index contributed by atoms with van der Waals surface area (Å²) in [6.45, 7) is 3.96. The highest BCUT2D eigenvalue weighted by Crippen LogP contribution is 2.17. The van der Waals surface area contributed by atoms with Crippen LogP contribution in [0.1, 0.15) is 95.3 Å². The molecule has 1 aliphatic heterocycles. The fraction of sp³-hybridized carbons (Fsp3) is 0.613. The molecule has 7 heteroatoms.